The van der Waals surface area contributed by atoms with E-state index in [2.05, 4.69) is 25.4 Å². The van der Waals surface area contributed by atoms with E-state index in [1.165, 1.54) is 11.8 Å². The topological polar surface area (TPSA) is 81.1 Å². The normalized spacial score (nSPS) is 15.6. The van der Waals surface area contributed by atoms with E-state index >= 15 is 0 Å². The number of nitrogens with one attached hydrogen (secondary N) is 2. The Morgan fingerprint density at radius 3 is 2.81 bits per heavy atom. The van der Waals surface area contributed by atoms with Gasteiger partial charge >= 0.3 is 0 Å². The first-order chi connectivity index (χ1) is 15.6. The van der Waals surface area contributed by atoms with Crippen molar-refractivity contribution in [1.29, 1.82) is 0 Å². The van der Waals surface area contributed by atoms with Gasteiger partial charge in [0.25, 0.3) is 0 Å². The van der Waals surface area contributed by atoms with Crippen LogP contribution in [0, 0.1) is 6.92 Å². The molecular formula is C23H26ClN5O2S. The molecule has 1 aliphatic heterocycles. The number of aromatic nitrogens is 3. The van der Waals surface area contributed by atoms with Crippen LogP contribution in [-0.2, 0) is 22.6 Å². The number of aryl methyl sites for hydroxylation is 1. The Morgan fingerprint density at radius 1 is 1.22 bits per heavy atom. The van der Waals surface area contributed by atoms with Gasteiger partial charge in [0, 0.05) is 23.0 Å². The van der Waals surface area contributed by atoms with Crippen molar-refractivity contribution in [1.82, 2.24) is 14.8 Å². The predicted octanol–water partition coefficient (Wildman–Crippen LogP) is 4.76. The lowest BCUT2D eigenvalue weighted by Crippen LogP contribution is -2.20. The van der Waals surface area contributed by atoms with Gasteiger partial charge in [0.15, 0.2) is 11.0 Å². The lowest BCUT2D eigenvalue weighted by Gasteiger charge is -2.15. The zero-order valence-electron chi connectivity index (χ0n) is 17.9. The van der Waals surface area contributed by atoms with Crippen LogP contribution < -0.4 is 10.6 Å². The molecule has 1 fully saturated rings. The molecule has 9 heteroatoms. The van der Waals surface area contributed by atoms with Crippen molar-refractivity contribution in [3.63, 3.8) is 0 Å². The molecule has 0 bridgehead atoms. The van der Waals surface area contributed by atoms with E-state index in [1.54, 1.807) is 0 Å². The molecule has 1 aliphatic rings. The number of amides is 1. The number of anilines is 2. The number of halogens is 1. The molecule has 7 nitrogen and oxygen atoms in total. The van der Waals surface area contributed by atoms with Gasteiger partial charge in [0.05, 0.1) is 24.9 Å². The van der Waals surface area contributed by atoms with Crippen LogP contribution in [0.4, 0.5) is 11.4 Å². The van der Waals surface area contributed by atoms with Gasteiger partial charge in [0.2, 0.25) is 5.91 Å². The summed E-state index contributed by atoms with van der Waals surface area (Å²) in [6, 6.07) is 15.3. The highest BCUT2D eigenvalue weighted by atomic mass is 35.5. The molecule has 2 N–H and O–H groups in total. The Balaban J connectivity index is 1.43. The number of ether oxygens (including phenoxy) is 1. The fraction of sp³-hybridized carbons (Fsp3) is 0.348. The first-order valence-electron chi connectivity index (χ1n) is 10.6. The third kappa shape index (κ3) is 6.03. The average Bonchev–Trinajstić information content (AvgIpc) is 3.44. The highest BCUT2D eigenvalue weighted by molar-refractivity contribution is 7.99. The van der Waals surface area contributed by atoms with Crippen LogP contribution in [0.1, 0.15) is 24.2 Å². The maximum absolute atomic E-state index is 12.4. The minimum Gasteiger partial charge on any atom is -0.378 e. The van der Waals surface area contributed by atoms with E-state index in [9.17, 15) is 4.79 Å². The van der Waals surface area contributed by atoms with Crippen molar-refractivity contribution in [2.24, 2.45) is 0 Å². The Bertz CT molecular complexity index is 1050. The summed E-state index contributed by atoms with van der Waals surface area (Å²) >= 11 is 7.62. The molecule has 32 heavy (non-hydrogen) atoms. The summed E-state index contributed by atoms with van der Waals surface area (Å²) in [4.78, 5) is 12.4. The summed E-state index contributed by atoms with van der Waals surface area (Å²) in [5.41, 5.74) is 2.73. The van der Waals surface area contributed by atoms with Crippen LogP contribution in [-0.4, -0.2) is 39.1 Å². The van der Waals surface area contributed by atoms with Crippen LogP contribution in [0.25, 0.3) is 0 Å². The van der Waals surface area contributed by atoms with Crippen LogP contribution in [0.5, 0.6) is 0 Å². The second-order valence-electron chi connectivity index (χ2n) is 7.66. The maximum Gasteiger partial charge on any atom is 0.234 e. The van der Waals surface area contributed by atoms with Crippen molar-refractivity contribution < 1.29 is 9.53 Å². The second kappa shape index (κ2) is 10.8. The number of hydrogen-bond donors (Lipinski definition) is 2. The van der Waals surface area contributed by atoms with Crippen molar-refractivity contribution in [3.8, 4) is 0 Å². The first-order valence-corrected chi connectivity index (χ1v) is 12.0. The second-order valence-corrected chi connectivity index (χ2v) is 9.01. The molecule has 1 aromatic heterocycles. The van der Waals surface area contributed by atoms with Gasteiger partial charge < -0.3 is 19.9 Å². The summed E-state index contributed by atoms with van der Waals surface area (Å²) in [6.07, 6.45) is 2.21. The minimum absolute atomic E-state index is 0.0816. The largest absolute Gasteiger partial charge is 0.378 e. The molecule has 168 valence electrons. The zero-order valence-corrected chi connectivity index (χ0v) is 19.5. The molecule has 4 rings (SSSR count). The summed E-state index contributed by atoms with van der Waals surface area (Å²) in [5, 5.41) is 16.4. The summed E-state index contributed by atoms with van der Waals surface area (Å²) in [5.74, 6) is 0.963. The number of hydrogen-bond acceptors (Lipinski definition) is 6. The number of thioether (sulfide) groups is 1. The molecule has 1 atom stereocenters. The third-order valence-electron chi connectivity index (χ3n) is 5.22. The lowest BCUT2D eigenvalue weighted by atomic mass is 10.2. The lowest BCUT2D eigenvalue weighted by molar-refractivity contribution is -0.113. The molecule has 0 aliphatic carbocycles. The monoisotopic (exact) mass is 471 g/mol. The number of benzene rings is 2. The van der Waals surface area contributed by atoms with Crippen molar-refractivity contribution >= 4 is 40.6 Å². The number of rotatable bonds is 9. The molecule has 3 aromatic rings. The molecular weight excluding hydrogens is 446 g/mol. The Labute approximate surface area is 196 Å². The van der Waals surface area contributed by atoms with Crippen molar-refractivity contribution in [2.45, 2.75) is 44.1 Å². The van der Waals surface area contributed by atoms with Crippen LogP contribution in [0.15, 0.2) is 53.7 Å². The van der Waals surface area contributed by atoms with Gasteiger partial charge in [-0.3, -0.25) is 4.79 Å². The fourth-order valence-electron chi connectivity index (χ4n) is 3.46. The molecule has 2 heterocycles. The number of carbonyl (C=O) groups excluding carboxylic acids is 1. The SMILES string of the molecule is Cc1ccc(NCc2nnc(SCC(=O)Nc3ccccc3)n2C[C@H]2CCCO2)cc1Cl. The van der Waals surface area contributed by atoms with E-state index in [0.717, 1.165) is 47.2 Å². The molecule has 0 radical (unpaired) electrons. The van der Waals surface area contributed by atoms with E-state index in [-0.39, 0.29) is 17.8 Å². The predicted molar refractivity (Wildman–Crippen MR) is 128 cm³/mol. The maximum atomic E-state index is 12.4. The van der Waals surface area contributed by atoms with E-state index in [1.807, 2.05) is 55.5 Å². The molecule has 1 saturated heterocycles. The van der Waals surface area contributed by atoms with Gasteiger partial charge in [-0.2, -0.15) is 0 Å². The average molecular weight is 472 g/mol. The third-order valence-corrected chi connectivity index (χ3v) is 6.59. The van der Waals surface area contributed by atoms with E-state index in [4.69, 9.17) is 16.3 Å². The van der Waals surface area contributed by atoms with Gasteiger partial charge in [-0.25, -0.2) is 0 Å². The van der Waals surface area contributed by atoms with Gasteiger partial charge in [0.1, 0.15) is 0 Å². The quantitative estimate of drug-likeness (QED) is 0.438. The molecule has 2 aromatic carbocycles. The van der Waals surface area contributed by atoms with Crippen molar-refractivity contribution in [2.75, 3.05) is 23.0 Å². The fourth-order valence-corrected chi connectivity index (χ4v) is 4.41. The standard InChI is InChI=1S/C23H26ClN5O2S/c1-16-9-10-18(12-20(16)24)25-13-21-27-28-23(29(21)14-19-8-5-11-31-19)32-15-22(30)26-17-6-3-2-4-7-17/h2-4,6-7,9-10,12,19,25H,5,8,11,13-15H2,1H3,(H,26,30)/t19-/m1/s1. The number of nitrogens with zero attached hydrogens (tertiary/aromatic N) is 3. The van der Waals surface area contributed by atoms with E-state index < -0.39 is 0 Å². The van der Waals surface area contributed by atoms with Gasteiger partial charge in [-0.15, -0.1) is 10.2 Å². The van der Waals surface area contributed by atoms with Crippen LogP contribution >= 0.6 is 23.4 Å². The highest BCUT2D eigenvalue weighted by Gasteiger charge is 2.21. The molecule has 0 unspecified atom stereocenters. The molecule has 0 saturated carbocycles. The number of para-hydroxylation sites is 1. The smallest absolute Gasteiger partial charge is 0.234 e. The van der Waals surface area contributed by atoms with Crippen LogP contribution in [0.3, 0.4) is 0 Å². The van der Waals surface area contributed by atoms with Gasteiger partial charge in [-0.05, 0) is 49.6 Å². The van der Waals surface area contributed by atoms with Crippen molar-refractivity contribution in [3.05, 3.63) is 64.9 Å². The molecule has 0 spiro atoms. The highest BCUT2D eigenvalue weighted by Crippen LogP contribution is 2.24. The summed E-state index contributed by atoms with van der Waals surface area (Å²) in [6.45, 7) is 3.92. The van der Waals surface area contributed by atoms with Gasteiger partial charge in [-0.1, -0.05) is 47.6 Å². The van der Waals surface area contributed by atoms with Crippen LogP contribution in [0.2, 0.25) is 5.02 Å². The Morgan fingerprint density at radius 2 is 2.06 bits per heavy atom. The summed E-state index contributed by atoms with van der Waals surface area (Å²) < 4.78 is 7.88. The minimum atomic E-state index is -0.0816. The Kier molecular flexibility index (Phi) is 7.68. The van der Waals surface area contributed by atoms with E-state index in [0.29, 0.717) is 18.2 Å². The molecule has 1 amide bonds. The number of carbonyl (C=O) groups is 1. The first kappa shape index (κ1) is 22.6. The zero-order chi connectivity index (χ0) is 22.3. The Hall–Kier alpha value is -2.55. The summed E-state index contributed by atoms with van der Waals surface area (Å²) in [7, 11) is 0.